The largest absolute Gasteiger partial charge is 0.340 e. The van der Waals surface area contributed by atoms with Crippen molar-refractivity contribution in [3.05, 3.63) is 19.6 Å². The minimum Gasteiger partial charge on any atom is -0.340 e. The van der Waals surface area contributed by atoms with E-state index in [1.807, 2.05) is 0 Å². The van der Waals surface area contributed by atoms with Gasteiger partial charge in [-0.1, -0.05) is 0 Å². The Morgan fingerprint density at radius 1 is 2.00 bits per heavy atom. The van der Waals surface area contributed by atoms with Crippen molar-refractivity contribution < 1.29 is 0 Å². The Hall–Kier alpha value is -0.260. The van der Waals surface area contributed by atoms with Crippen LogP contribution in [0.3, 0.4) is 0 Å². The standard InChI is InChI=1S/C4H7/c1-3-4-2/h3H,1-2,4H2/q-1. The fourth-order valence-corrected chi connectivity index (χ4v) is 0. The Morgan fingerprint density at radius 2 is 2.25 bits per heavy atom. The highest BCUT2D eigenvalue weighted by Gasteiger charge is 1.34. The Labute approximate surface area is 27.1 Å². The minimum absolute atomic E-state index is 0.833. The van der Waals surface area contributed by atoms with E-state index in [-0.39, 0.29) is 0 Å². The summed E-state index contributed by atoms with van der Waals surface area (Å²) in [5.41, 5.74) is 0. The second-order valence-corrected chi connectivity index (χ2v) is 0.577. The highest BCUT2D eigenvalue weighted by atomic mass is 13.5. The highest BCUT2D eigenvalue weighted by molar-refractivity contribution is 4.65. The van der Waals surface area contributed by atoms with Crippen molar-refractivity contribution in [3.8, 4) is 0 Å². The van der Waals surface area contributed by atoms with Crippen molar-refractivity contribution in [1.29, 1.82) is 0 Å². The van der Waals surface area contributed by atoms with Crippen LogP contribution in [-0.4, -0.2) is 0 Å². The second-order valence-electron chi connectivity index (χ2n) is 0.577. The maximum Gasteiger partial charge on any atom is -0.106 e. The summed E-state index contributed by atoms with van der Waals surface area (Å²) in [5.74, 6) is 0. The van der Waals surface area contributed by atoms with E-state index < -0.39 is 0 Å². The van der Waals surface area contributed by atoms with Crippen molar-refractivity contribution >= 4 is 0 Å². The van der Waals surface area contributed by atoms with Gasteiger partial charge in [-0.15, -0.1) is 12.7 Å². The van der Waals surface area contributed by atoms with Gasteiger partial charge >= 0.3 is 0 Å². The van der Waals surface area contributed by atoms with Crippen LogP contribution in [-0.2, 0) is 0 Å². The molecule has 0 unspecified atom stereocenters. The van der Waals surface area contributed by atoms with Crippen molar-refractivity contribution in [2.75, 3.05) is 0 Å². The molecule has 0 bridgehead atoms. The molecule has 24 valence electrons. The smallest absolute Gasteiger partial charge is 0.106 e. The lowest BCUT2D eigenvalue weighted by atomic mass is 10.5. The molecule has 0 aliphatic carbocycles. The number of hydrogen-bond donors (Lipinski definition) is 0. The molecule has 0 radical (unpaired) electrons. The van der Waals surface area contributed by atoms with Crippen LogP contribution in [0.2, 0.25) is 0 Å². The molecule has 0 heterocycles. The summed E-state index contributed by atoms with van der Waals surface area (Å²) < 4.78 is 0. The van der Waals surface area contributed by atoms with Crippen LogP contribution in [0.25, 0.3) is 0 Å². The molecule has 0 aromatic carbocycles. The van der Waals surface area contributed by atoms with E-state index in [0.29, 0.717) is 0 Å². The summed E-state index contributed by atoms with van der Waals surface area (Å²) in [4.78, 5) is 0. The molecule has 0 spiro atoms. The third-order valence-corrected chi connectivity index (χ3v) is 0.204. The van der Waals surface area contributed by atoms with Crippen molar-refractivity contribution in [1.82, 2.24) is 0 Å². The first-order valence-corrected chi connectivity index (χ1v) is 1.32. The number of rotatable bonds is 1. The third kappa shape index (κ3) is 1.74. The lowest BCUT2D eigenvalue weighted by Gasteiger charge is -1.69. The van der Waals surface area contributed by atoms with Crippen LogP contribution in [0.1, 0.15) is 6.42 Å². The quantitative estimate of drug-likeness (QED) is 0.314. The van der Waals surface area contributed by atoms with E-state index >= 15 is 0 Å². The fraction of sp³-hybridized carbons (Fsp3) is 0.250. The fourth-order valence-electron chi connectivity index (χ4n) is 0. The molecule has 0 nitrogen and oxygen atoms in total. The molecule has 0 N–H and O–H groups in total. The third-order valence-electron chi connectivity index (χ3n) is 0.204. The van der Waals surface area contributed by atoms with Crippen LogP contribution in [0.5, 0.6) is 0 Å². The lowest BCUT2D eigenvalue weighted by molar-refractivity contribution is 1.42. The summed E-state index contributed by atoms with van der Waals surface area (Å²) in [6.45, 7) is 6.90. The molecule has 0 heteroatoms. The first-order chi connectivity index (χ1) is 1.91. The van der Waals surface area contributed by atoms with Crippen molar-refractivity contribution in [2.24, 2.45) is 0 Å². The van der Waals surface area contributed by atoms with Gasteiger partial charge in [-0.2, -0.15) is 6.42 Å². The van der Waals surface area contributed by atoms with Gasteiger partial charge in [-0.3, -0.25) is 0 Å². The molecule has 0 aromatic heterocycles. The van der Waals surface area contributed by atoms with E-state index in [1.54, 1.807) is 6.08 Å². The van der Waals surface area contributed by atoms with Gasteiger partial charge in [-0.05, 0) is 0 Å². The molecule has 0 aromatic rings. The van der Waals surface area contributed by atoms with Crippen LogP contribution in [0, 0.1) is 6.92 Å². The maximum atomic E-state index is 3.49. The van der Waals surface area contributed by atoms with Gasteiger partial charge in [0.15, 0.2) is 0 Å². The summed E-state index contributed by atoms with van der Waals surface area (Å²) in [6.07, 6.45) is 2.60. The molecule has 0 amide bonds. The zero-order valence-corrected chi connectivity index (χ0v) is 2.70. The molecule has 0 saturated heterocycles. The monoisotopic (exact) mass is 55.1 g/mol. The normalized spacial score (nSPS) is 6.25. The van der Waals surface area contributed by atoms with Gasteiger partial charge in [0.05, 0.1) is 0 Å². The van der Waals surface area contributed by atoms with Gasteiger partial charge < -0.3 is 6.92 Å². The van der Waals surface area contributed by atoms with E-state index in [4.69, 9.17) is 0 Å². The molecule has 0 aliphatic heterocycles. The Balaban J connectivity index is 2.30. The predicted octanol–water partition coefficient (Wildman–Crippen LogP) is 1.40. The molecular weight excluding hydrogens is 48.0 g/mol. The van der Waals surface area contributed by atoms with Crippen LogP contribution < -0.4 is 0 Å². The Morgan fingerprint density at radius 3 is 2.25 bits per heavy atom. The average molecular weight is 55.1 g/mol. The van der Waals surface area contributed by atoms with E-state index in [0.717, 1.165) is 6.42 Å². The maximum absolute atomic E-state index is 3.49. The first-order valence-electron chi connectivity index (χ1n) is 1.32. The Kier molecular flexibility index (Phi) is 2.56. The van der Waals surface area contributed by atoms with E-state index in [2.05, 4.69) is 13.5 Å². The summed E-state index contributed by atoms with van der Waals surface area (Å²) in [5, 5.41) is 0. The van der Waals surface area contributed by atoms with Gasteiger partial charge in [0.1, 0.15) is 0 Å². The highest BCUT2D eigenvalue weighted by Crippen LogP contribution is 1.65. The zero-order valence-electron chi connectivity index (χ0n) is 2.70. The van der Waals surface area contributed by atoms with E-state index in [9.17, 15) is 0 Å². The zero-order chi connectivity index (χ0) is 3.41. The van der Waals surface area contributed by atoms with Gasteiger partial charge in [0.25, 0.3) is 0 Å². The van der Waals surface area contributed by atoms with Crippen molar-refractivity contribution in [2.45, 2.75) is 6.42 Å². The van der Waals surface area contributed by atoms with Gasteiger partial charge in [0, 0.05) is 0 Å². The van der Waals surface area contributed by atoms with Gasteiger partial charge in [0.2, 0.25) is 0 Å². The van der Waals surface area contributed by atoms with Crippen LogP contribution in [0.15, 0.2) is 12.7 Å². The van der Waals surface area contributed by atoms with Crippen molar-refractivity contribution in [3.63, 3.8) is 0 Å². The van der Waals surface area contributed by atoms with E-state index in [1.165, 1.54) is 0 Å². The SMILES string of the molecule is C=CC[CH2-]. The molecule has 0 atom stereocenters. The first kappa shape index (κ1) is 3.74. The molecule has 0 aliphatic rings. The molecule has 0 rings (SSSR count). The second kappa shape index (κ2) is 2.74. The lowest BCUT2D eigenvalue weighted by Crippen LogP contribution is -1.37. The van der Waals surface area contributed by atoms with Crippen LogP contribution in [0.4, 0.5) is 0 Å². The Bertz CT molecular complexity index is 14.0. The summed E-state index contributed by atoms with van der Waals surface area (Å²) >= 11 is 0. The van der Waals surface area contributed by atoms with Crippen LogP contribution >= 0.6 is 0 Å². The topological polar surface area (TPSA) is 0 Å². The minimum atomic E-state index is 0.833. The molecule has 0 fully saturated rings. The summed E-state index contributed by atoms with van der Waals surface area (Å²) in [7, 11) is 0. The molecule has 0 saturated carbocycles. The number of hydrogen-bond acceptors (Lipinski definition) is 0. The molecular formula is C4H7-. The average Bonchev–Trinajstić information content (AvgIpc) is 1.37. The molecule has 4 heavy (non-hydrogen) atoms. The summed E-state index contributed by atoms with van der Waals surface area (Å²) in [6, 6.07) is 0. The number of allylic oxidation sites excluding steroid dienone is 1. The van der Waals surface area contributed by atoms with Gasteiger partial charge in [-0.25, -0.2) is 0 Å². The predicted molar refractivity (Wildman–Crippen MR) is 20.2 cm³/mol.